The fourth-order valence-electron chi connectivity index (χ4n) is 1.86. The lowest BCUT2D eigenvalue weighted by Gasteiger charge is -2.06. The first-order chi connectivity index (χ1) is 8.54. The molecule has 5 heteroatoms. The van der Waals surface area contributed by atoms with E-state index in [-0.39, 0.29) is 0 Å². The molecule has 94 valence electrons. The number of anilines is 1. The number of esters is 1. The second-order valence-electron chi connectivity index (χ2n) is 3.77. The molecule has 0 atom stereocenters. The summed E-state index contributed by atoms with van der Waals surface area (Å²) in [5.74, 6) is -0.396. The molecule has 2 rings (SSSR count). The average Bonchev–Trinajstić information content (AvgIpc) is 2.63. The molecule has 1 heterocycles. The van der Waals surface area contributed by atoms with Gasteiger partial charge in [0, 0.05) is 14.9 Å². The van der Waals surface area contributed by atoms with Crippen molar-refractivity contribution in [2.45, 2.75) is 6.92 Å². The number of rotatable bonds is 2. The largest absolute Gasteiger partial charge is 0.465 e. The summed E-state index contributed by atoms with van der Waals surface area (Å²) in [6.07, 6.45) is 0. The van der Waals surface area contributed by atoms with Gasteiger partial charge in [0.15, 0.2) is 0 Å². The molecule has 2 aromatic rings. The van der Waals surface area contributed by atoms with Crippen molar-refractivity contribution in [3.8, 4) is 11.1 Å². The number of halogens is 1. The molecule has 0 aliphatic carbocycles. The highest BCUT2D eigenvalue weighted by Crippen LogP contribution is 2.39. The molecule has 1 aromatic carbocycles. The van der Waals surface area contributed by atoms with E-state index in [1.165, 1.54) is 18.4 Å². The summed E-state index contributed by atoms with van der Waals surface area (Å²) >= 11 is 4.83. The van der Waals surface area contributed by atoms with E-state index >= 15 is 0 Å². The number of hydrogen-bond acceptors (Lipinski definition) is 4. The van der Waals surface area contributed by atoms with E-state index in [1.54, 1.807) is 0 Å². The molecule has 3 nitrogen and oxygen atoms in total. The molecule has 0 aliphatic rings. The van der Waals surface area contributed by atoms with Gasteiger partial charge in [0.05, 0.1) is 7.11 Å². The van der Waals surface area contributed by atoms with Crippen LogP contribution in [0.3, 0.4) is 0 Å². The molecule has 0 saturated heterocycles. The second-order valence-corrected chi connectivity index (χ2v) is 5.95. The summed E-state index contributed by atoms with van der Waals surface area (Å²) in [5, 5.41) is 0.495. The van der Waals surface area contributed by atoms with E-state index in [9.17, 15) is 4.79 Å². The summed E-state index contributed by atoms with van der Waals surface area (Å²) in [6, 6.07) is 7.77. The predicted octanol–water partition coefficient (Wildman–Crippen LogP) is 3.85. The molecule has 0 saturated carbocycles. The fraction of sp³-hybridized carbons (Fsp3) is 0.154. The van der Waals surface area contributed by atoms with Crippen LogP contribution in [0.15, 0.2) is 28.7 Å². The SMILES string of the molecule is COC(=O)c1c(N)sc(C)c1-c1cccc(Br)c1. The molecule has 0 spiro atoms. The maximum Gasteiger partial charge on any atom is 0.341 e. The van der Waals surface area contributed by atoms with Crippen molar-refractivity contribution in [1.29, 1.82) is 0 Å². The molecule has 18 heavy (non-hydrogen) atoms. The zero-order valence-electron chi connectivity index (χ0n) is 9.99. The van der Waals surface area contributed by atoms with Gasteiger partial charge in [-0.15, -0.1) is 11.3 Å². The summed E-state index contributed by atoms with van der Waals surface area (Å²) < 4.78 is 5.76. The van der Waals surface area contributed by atoms with Gasteiger partial charge in [-0.1, -0.05) is 28.1 Å². The quantitative estimate of drug-likeness (QED) is 0.853. The minimum absolute atomic E-state index is 0.396. The Labute approximate surface area is 118 Å². The number of ether oxygens (including phenoxy) is 1. The van der Waals surface area contributed by atoms with E-state index in [0.29, 0.717) is 10.6 Å². The van der Waals surface area contributed by atoms with Gasteiger partial charge in [0.25, 0.3) is 0 Å². The number of methoxy groups -OCH3 is 1. The van der Waals surface area contributed by atoms with Crippen LogP contribution in [-0.4, -0.2) is 13.1 Å². The Morgan fingerprint density at radius 2 is 2.17 bits per heavy atom. The average molecular weight is 326 g/mol. The topological polar surface area (TPSA) is 52.3 Å². The number of hydrogen-bond donors (Lipinski definition) is 1. The Morgan fingerprint density at radius 3 is 2.78 bits per heavy atom. The zero-order valence-corrected chi connectivity index (χ0v) is 12.4. The van der Waals surface area contributed by atoms with Crippen molar-refractivity contribution in [2.75, 3.05) is 12.8 Å². The Morgan fingerprint density at radius 1 is 1.44 bits per heavy atom. The van der Waals surface area contributed by atoms with Crippen molar-refractivity contribution in [3.63, 3.8) is 0 Å². The number of nitrogen functional groups attached to an aromatic ring is 1. The van der Waals surface area contributed by atoms with Gasteiger partial charge in [0.2, 0.25) is 0 Å². The van der Waals surface area contributed by atoms with E-state index in [2.05, 4.69) is 15.9 Å². The maximum absolute atomic E-state index is 11.8. The number of aryl methyl sites for hydroxylation is 1. The van der Waals surface area contributed by atoms with E-state index < -0.39 is 5.97 Å². The van der Waals surface area contributed by atoms with E-state index in [4.69, 9.17) is 10.5 Å². The molecule has 2 N–H and O–H groups in total. The normalized spacial score (nSPS) is 10.4. The molecular weight excluding hydrogens is 314 g/mol. The van der Waals surface area contributed by atoms with Gasteiger partial charge in [-0.05, 0) is 24.6 Å². The third-order valence-corrected chi connectivity index (χ3v) is 4.04. The lowest BCUT2D eigenvalue weighted by atomic mass is 10.0. The lowest BCUT2D eigenvalue weighted by molar-refractivity contribution is 0.0603. The monoisotopic (exact) mass is 325 g/mol. The molecule has 0 fully saturated rings. The smallest absolute Gasteiger partial charge is 0.341 e. The highest BCUT2D eigenvalue weighted by molar-refractivity contribution is 9.10. The molecule has 0 amide bonds. The second kappa shape index (κ2) is 5.12. The predicted molar refractivity (Wildman–Crippen MR) is 77.9 cm³/mol. The molecule has 0 radical (unpaired) electrons. The summed E-state index contributed by atoms with van der Waals surface area (Å²) in [6.45, 7) is 1.95. The van der Waals surface area contributed by atoms with Crippen LogP contribution in [0.5, 0.6) is 0 Å². The number of thiophene rings is 1. The first kappa shape index (κ1) is 13.1. The minimum Gasteiger partial charge on any atom is -0.465 e. The standard InChI is InChI=1S/C13H12BrNO2S/c1-7-10(8-4-3-5-9(14)6-8)11(12(15)18-7)13(16)17-2/h3-6H,15H2,1-2H3. The summed E-state index contributed by atoms with van der Waals surface area (Å²) in [5.41, 5.74) is 8.16. The minimum atomic E-state index is -0.396. The van der Waals surface area contributed by atoms with Crippen LogP contribution in [0.25, 0.3) is 11.1 Å². The zero-order chi connectivity index (χ0) is 13.3. The van der Waals surface area contributed by atoms with Crippen molar-refractivity contribution in [2.24, 2.45) is 0 Å². The molecule has 0 unspecified atom stereocenters. The molecule has 1 aromatic heterocycles. The van der Waals surface area contributed by atoms with Crippen LogP contribution >= 0.6 is 27.3 Å². The number of carbonyl (C=O) groups is 1. The van der Waals surface area contributed by atoms with Crippen LogP contribution in [0, 0.1) is 6.92 Å². The molecule has 0 bridgehead atoms. The van der Waals surface area contributed by atoms with Gasteiger partial charge in [-0.2, -0.15) is 0 Å². The Hall–Kier alpha value is -1.33. The van der Waals surface area contributed by atoms with Crippen molar-refractivity contribution < 1.29 is 9.53 Å². The van der Waals surface area contributed by atoms with Crippen molar-refractivity contribution >= 4 is 38.2 Å². The third kappa shape index (κ3) is 2.28. The van der Waals surface area contributed by atoms with Gasteiger partial charge in [-0.3, -0.25) is 0 Å². The van der Waals surface area contributed by atoms with Crippen LogP contribution in [0.4, 0.5) is 5.00 Å². The van der Waals surface area contributed by atoms with Gasteiger partial charge in [0.1, 0.15) is 10.6 Å². The van der Waals surface area contributed by atoms with Crippen LogP contribution in [-0.2, 0) is 4.74 Å². The van der Waals surface area contributed by atoms with Crippen LogP contribution < -0.4 is 5.73 Å². The maximum atomic E-state index is 11.8. The number of carbonyl (C=O) groups excluding carboxylic acids is 1. The van der Waals surface area contributed by atoms with Gasteiger partial charge in [-0.25, -0.2) is 4.79 Å². The van der Waals surface area contributed by atoms with Crippen LogP contribution in [0.2, 0.25) is 0 Å². The number of nitrogens with two attached hydrogens (primary N) is 1. The van der Waals surface area contributed by atoms with Gasteiger partial charge < -0.3 is 10.5 Å². The Bertz CT molecular complexity index is 607. The van der Waals surface area contributed by atoms with Crippen LogP contribution in [0.1, 0.15) is 15.2 Å². The molecule has 0 aliphatic heterocycles. The third-order valence-electron chi connectivity index (χ3n) is 2.61. The fourth-order valence-corrected chi connectivity index (χ4v) is 3.20. The first-order valence-electron chi connectivity index (χ1n) is 5.27. The Balaban J connectivity index is 2.67. The van der Waals surface area contributed by atoms with Crippen molar-refractivity contribution in [1.82, 2.24) is 0 Å². The first-order valence-corrected chi connectivity index (χ1v) is 6.88. The van der Waals surface area contributed by atoms with E-state index in [0.717, 1.165) is 20.5 Å². The molecular formula is C13H12BrNO2S. The highest BCUT2D eigenvalue weighted by atomic mass is 79.9. The summed E-state index contributed by atoms with van der Waals surface area (Å²) in [7, 11) is 1.36. The van der Waals surface area contributed by atoms with Gasteiger partial charge >= 0.3 is 5.97 Å². The lowest BCUT2D eigenvalue weighted by Crippen LogP contribution is -2.04. The number of benzene rings is 1. The Kier molecular flexibility index (Phi) is 3.73. The van der Waals surface area contributed by atoms with E-state index in [1.807, 2.05) is 31.2 Å². The highest BCUT2D eigenvalue weighted by Gasteiger charge is 2.22. The van der Waals surface area contributed by atoms with Crippen molar-refractivity contribution in [3.05, 3.63) is 39.2 Å². The summed E-state index contributed by atoms with van der Waals surface area (Å²) in [4.78, 5) is 12.8.